The fourth-order valence-corrected chi connectivity index (χ4v) is 6.89. The average molecular weight is 563 g/mol. The van der Waals surface area contributed by atoms with E-state index in [1.807, 2.05) is 0 Å². The molecular formula is C42H58. The summed E-state index contributed by atoms with van der Waals surface area (Å²) in [5.41, 5.74) is 25.1. The molecule has 0 saturated carbocycles. The lowest BCUT2D eigenvalue weighted by molar-refractivity contribution is 0.497. The van der Waals surface area contributed by atoms with E-state index in [0.29, 0.717) is 0 Å². The molecule has 1 atom stereocenters. The first-order valence-corrected chi connectivity index (χ1v) is 16.1. The predicted molar refractivity (Wildman–Crippen MR) is 189 cm³/mol. The highest BCUT2D eigenvalue weighted by Gasteiger charge is 2.21. The van der Waals surface area contributed by atoms with Gasteiger partial charge >= 0.3 is 0 Å². The number of hydrogen-bond donors (Lipinski definition) is 0. The Hall–Kier alpha value is -2.86. The van der Waals surface area contributed by atoms with Crippen LogP contribution >= 0.6 is 0 Å². The van der Waals surface area contributed by atoms with Crippen LogP contribution in [0.2, 0.25) is 0 Å². The second-order valence-electron chi connectivity index (χ2n) is 13.7. The number of hydrogen-bond acceptors (Lipinski definition) is 0. The van der Waals surface area contributed by atoms with Crippen molar-refractivity contribution in [3.63, 3.8) is 0 Å². The zero-order chi connectivity index (χ0) is 31.8. The van der Waals surface area contributed by atoms with Gasteiger partial charge in [-0.05, 0) is 234 Å². The minimum atomic E-state index is 0.873. The van der Waals surface area contributed by atoms with Crippen LogP contribution in [0.5, 0.6) is 0 Å². The molecule has 42 heavy (non-hydrogen) atoms. The van der Waals surface area contributed by atoms with E-state index in [9.17, 15) is 0 Å². The molecule has 1 aliphatic rings. The molecule has 0 heteroatoms. The number of rotatable bonds is 0. The number of aryl methyl sites for hydroxylation is 6. The van der Waals surface area contributed by atoms with Crippen LogP contribution in [0.4, 0.5) is 0 Å². The zero-order valence-corrected chi connectivity index (χ0v) is 29.9. The molecule has 0 spiro atoms. The summed E-state index contributed by atoms with van der Waals surface area (Å²) >= 11 is 0. The molecule has 1 unspecified atom stereocenters. The third-order valence-corrected chi connectivity index (χ3v) is 11.2. The largest absolute Gasteiger partial charge is 0.0622 e. The van der Waals surface area contributed by atoms with Crippen molar-refractivity contribution >= 4 is 10.8 Å². The highest BCUT2D eigenvalue weighted by Crippen LogP contribution is 2.34. The first-order valence-electron chi connectivity index (χ1n) is 16.1. The lowest BCUT2D eigenvalue weighted by Crippen LogP contribution is -2.16. The molecule has 4 aromatic carbocycles. The van der Waals surface area contributed by atoms with E-state index in [-0.39, 0.29) is 0 Å². The molecule has 0 amide bonds. The highest BCUT2D eigenvalue weighted by atomic mass is 14.3. The van der Waals surface area contributed by atoms with E-state index in [2.05, 4.69) is 129 Å². The Labute approximate surface area is 259 Å². The molecule has 0 bridgehead atoms. The smallest absolute Gasteiger partial charge is 0.0120 e. The third-order valence-electron chi connectivity index (χ3n) is 11.2. The van der Waals surface area contributed by atoms with Crippen molar-refractivity contribution in [1.29, 1.82) is 0 Å². The summed E-state index contributed by atoms with van der Waals surface area (Å²) < 4.78 is 0. The highest BCUT2D eigenvalue weighted by molar-refractivity contribution is 5.92. The second-order valence-corrected chi connectivity index (χ2v) is 13.7. The SMILES string of the molecule is Cc1c(C)c(C)c2c(c1C)CCC(C)C2.Cc1cc(C)c(C)c(C)c1C.Cc1cc2cc(C)c(C)c(C)c2c(C)c1C. The summed E-state index contributed by atoms with van der Waals surface area (Å²) in [5.74, 6) is 0.873. The molecule has 0 nitrogen and oxygen atoms in total. The van der Waals surface area contributed by atoms with Crippen molar-refractivity contribution in [3.8, 4) is 0 Å². The molecule has 0 fully saturated rings. The second kappa shape index (κ2) is 13.2. The fraction of sp³-hybridized carbons (Fsp3) is 0.476. The van der Waals surface area contributed by atoms with Crippen LogP contribution in [0.25, 0.3) is 10.8 Å². The van der Waals surface area contributed by atoms with Crippen molar-refractivity contribution in [2.75, 3.05) is 0 Å². The molecule has 1 aliphatic carbocycles. The van der Waals surface area contributed by atoms with Gasteiger partial charge < -0.3 is 0 Å². The van der Waals surface area contributed by atoms with E-state index in [1.165, 1.54) is 102 Å². The van der Waals surface area contributed by atoms with Gasteiger partial charge in [-0.1, -0.05) is 25.1 Å². The van der Waals surface area contributed by atoms with Gasteiger partial charge in [0.1, 0.15) is 0 Å². The Morgan fingerprint density at radius 2 is 0.762 bits per heavy atom. The van der Waals surface area contributed by atoms with E-state index in [0.717, 1.165) is 5.92 Å². The van der Waals surface area contributed by atoms with Gasteiger partial charge in [-0.15, -0.1) is 0 Å². The lowest BCUT2D eigenvalue weighted by Gasteiger charge is -2.27. The summed E-state index contributed by atoms with van der Waals surface area (Å²) in [6, 6.07) is 6.89. The quantitative estimate of drug-likeness (QED) is 0.200. The molecule has 0 radical (unpaired) electrons. The van der Waals surface area contributed by atoms with Crippen LogP contribution in [0.3, 0.4) is 0 Å². The molecular weight excluding hydrogens is 504 g/mol. The maximum Gasteiger partial charge on any atom is -0.0120 e. The maximum absolute atomic E-state index is 2.38. The van der Waals surface area contributed by atoms with Crippen molar-refractivity contribution in [2.24, 2.45) is 5.92 Å². The summed E-state index contributed by atoms with van der Waals surface area (Å²) in [7, 11) is 0. The van der Waals surface area contributed by atoms with E-state index in [4.69, 9.17) is 0 Å². The monoisotopic (exact) mass is 562 g/mol. The van der Waals surface area contributed by atoms with Gasteiger partial charge in [-0.25, -0.2) is 0 Å². The summed E-state index contributed by atoms with van der Waals surface area (Å²) in [6.07, 6.45) is 3.96. The van der Waals surface area contributed by atoms with Crippen LogP contribution in [0, 0.1) is 110 Å². The van der Waals surface area contributed by atoms with Crippen LogP contribution < -0.4 is 0 Å². The minimum absolute atomic E-state index is 0.873. The molecule has 0 heterocycles. The number of fused-ring (bicyclic) bond motifs is 2. The van der Waals surface area contributed by atoms with Crippen molar-refractivity contribution in [2.45, 2.75) is 130 Å². The zero-order valence-electron chi connectivity index (χ0n) is 29.9. The molecule has 5 rings (SSSR count). The van der Waals surface area contributed by atoms with Gasteiger partial charge in [0.15, 0.2) is 0 Å². The molecule has 0 N–H and O–H groups in total. The van der Waals surface area contributed by atoms with E-state index >= 15 is 0 Å². The first kappa shape index (κ1) is 33.6. The standard InChI is InChI=1S/C16H20.C15H22.C11H16/c1-9-7-15-8-10(2)12(4)14(6)16(15)13(5)11(9)3;1-9-6-7-14-12(4)10(2)11(3)13(5)15(14)8-9;1-7-6-8(2)10(4)11(5)9(7)3/h7-8H,1-6H3;9H,6-8H2,1-5H3;6H,1-5H3. The predicted octanol–water partition coefficient (Wildman–Crippen LogP) is 12.0. The molecule has 4 aromatic rings. The lowest BCUT2D eigenvalue weighted by atomic mass is 9.78. The normalized spacial score (nSPS) is 14.1. The summed E-state index contributed by atoms with van der Waals surface area (Å²) in [5, 5.41) is 2.84. The van der Waals surface area contributed by atoms with E-state index in [1.54, 1.807) is 22.3 Å². The molecule has 0 aliphatic heterocycles. The van der Waals surface area contributed by atoms with Crippen LogP contribution in [0.1, 0.15) is 108 Å². The topological polar surface area (TPSA) is 0 Å². The first-order chi connectivity index (χ1) is 19.5. The van der Waals surface area contributed by atoms with Crippen molar-refractivity contribution in [1.82, 2.24) is 0 Å². The Morgan fingerprint density at radius 1 is 0.405 bits per heavy atom. The Bertz CT molecular complexity index is 1570. The molecule has 0 saturated heterocycles. The summed E-state index contributed by atoms with van der Waals surface area (Å²) in [6.45, 7) is 35.8. The van der Waals surface area contributed by atoms with Gasteiger partial charge in [-0.2, -0.15) is 0 Å². The average Bonchev–Trinajstić information content (AvgIpc) is 2.95. The Morgan fingerprint density at radius 3 is 1.21 bits per heavy atom. The van der Waals surface area contributed by atoms with Crippen LogP contribution in [-0.4, -0.2) is 0 Å². The molecule has 0 aromatic heterocycles. The van der Waals surface area contributed by atoms with Gasteiger partial charge in [0.25, 0.3) is 0 Å². The van der Waals surface area contributed by atoms with Gasteiger partial charge in [-0.3, -0.25) is 0 Å². The fourth-order valence-electron chi connectivity index (χ4n) is 6.89. The minimum Gasteiger partial charge on any atom is -0.0622 e. The van der Waals surface area contributed by atoms with Gasteiger partial charge in [0.05, 0.1) is 0 Å². The molecule has 226 valence electrons. The van der Waals surface area contributed by atoms with E-state index < -0.39 is 0 Å². The number of benzene rings is 4. The van der Waals surface area contributed by atoms with Crippen LogP contribution in [0.15, 0.2) is 18.2 Å². The Kier molecular flexibility index (Phi) is 10.6. The Balaban J connectivity index is 0.000000176. The van der Waals surface area contributed by atoms with Crippen LogP contribution in [-0.2, 0) is 12.8 Å². The third kappa shape index (κ3) is 6.54. The van der Waals surface area contributed by atoms with Gasteiger partial charge in [0.2, 0.25) is 0 Å². The van der Waals surface area contributed by atoms with Crippen molar-refractivity contribution in [3.05, 3.63) is 113 Å². The van der Waals surface area contributed by atoms with Gasteiger partial charge in [0, 0.05) is 0 Å². The maximum atomic E-state index is 2.38. The van der Waals surface area contributed by atoms with Crippen molar-refractivity contribution < 1.29 is 0 Å². The summed E-state index contributed by atoms with van der Waals surface area (Å²) in [4.78, 5) is 0.